The van der Waals surface area contributed by atoms with Crippen molar-refractivity contribution >= 4 is 37.5 Å². The lowest BCUT2D eigenvalue weighted by Gasteiger charge is -2.20. The number of esters is 1. The average Bonchev–Trinajstić information content (AvgIpc) is 3.71. The zero-order valence-corrected chi connectivity index (χ0v) is 29.4. The molecule has 2 aliphatic carbocycles. The number of methoxy groups -OCH3 is 1. The molecule has 0 saturated heterocycles. The summed E-state index contributed by atoms with van der Waals surface area (Å²) in [6.45, 7) is 3.93. The Labute approximate surface area is 274 Å². The molecule has 254 valence electrons. The summed E-state index contributed by atoms with van der Waals surface area (Å²) in [5.41, 5.74) is 14.1. The van der Waals surface area contributed by atoms with Crippen molar-refractivity contribution in [2.75, 3.05) is 19.6 Å². The summed E-state index contributed by atoms with van der Waals surface area (Å²) in [6.07, 6.45) is 13.5. The number of carbonyl (C=O) groups excluding carboxylic acids is 2. The van der Waals surface area contributed by atoms with E-state index < -0.39 is 31.6 Å². The first-order valence-electron chi connectivity index (χ1n) is 16.1. The van der Waals surface area contributed by atoms with Gasteiger partial charge in [0.25, 0.3) is 5.91 Å². The summed E-state index contributed by atoms with van der Waals surface area (Å²) in [7, 11) is -5.54. The molecule has 2 saturated carbocycles. The van der Waals surface area contributed by atoms with Gasteiger partial charge in [-0.3, -0.25) is 4.79 Å². The van der Waals surface area contributed by atoms with E-state index in [4.69, 9.17) is 16.2 Å². The van der Waals surface area contributed by atoms with Crippen molar-refractivity contribution in [2.24, 2.45) is 16.5 Å². The monoisotopic (exact) mass is 675 g/mol. The summed E-state index contributed by atoms with van der Waals surface area (Å²) >= 11 is 0. The van der Waals surface area contributed by atoms with Gasteiger partial charge in [0.1, 0.15) is 0 Å². The van der Waals surface area contributed by atoms with E-state index in [1.54, 1.807) is 18.2 Å². The first-order chi connectivity index (χ1) is 21.6. The maximum atomic E-state index is 12.5. The van der Waals surface area contributed by atoms with E-state index >= 15 is 0 Å². The molecule has 0 atom stereocenters. The van der Waals surface area contributed by atoms with E-state index in [1.807, 2.05) is 19.9 Å². The molecule has 46 heavy (non-hydrogen) atoms. The second-order valence-electron chi connectivity index (χ2n) is 12.4. The van der Waals surface area contributed by atoms with Gasteiger partial charge in [-0.25, -0.2) is 21.6 Å². The number of hydrogen-bond acceptors (Lipinski definition) is 7. The highest BCUT2D eigenvalue weighted by atomic mass is 32.2. The lowest BCUT2D eigenvalue weighted by molar-refractivity contribution is 0.0599. The Balaban J connectivity index is 0.000000251. The minimum atomic E-state index is -3.47. The standard InChI is InChI=1S/C17H25N3O3S.C17H24O4S/c1-3-6-13-14(16(21)20-17(18)19)10-9-12(11-7-4-5-8-11)15(13)24(2,22)23;1-4-7-14-15(17(18)21-2)11-10-13(12-8-5-6-9-12)16(14)22(3,19)20/h9-11H,3-8H2,1-2H3,(H4,18,19,20,21);10-12H,4-9H2,1-3H3. The van der Waals surface area contributed by atoms with Gasteiger partial charge in [0, 0.05) is 18.1 Å². The van der Waals surface area contributed by atoms with Gasteiger partial charge in [-0.05, 0) is 84.7 Å². The Bertz CT molecular complexity index is 1670. The van der Waals surface area contributed by atoms with Crippen LogP contribution in [0, 0.1) is 0 Å². The van der Waals surface area contributed by atoms with Gasteiger partial charge in [0.2, 0.25) is 0 Å². The van der Waals surface area contributed by atoms with Crippen LogP contribution in [0.1, 0.15) is 133 Å². The normalized spacial score (nSPS) is 15.7. The first-order valence-corrected chi connectivity index (χ1v) is 19.9. The van der Waals surface area contributed by atoms with Crippen molar-refractivity contribution in [1.29, 1.82) is 0 Å². The van der Waals surface area contributed by atoms with Crippen LogP contribution in [0.2, 0.25) is 0 Å². The van der Waals surface area contributed by atoms with Crippen LogP contribution < -0.4 is 11.5 Å². The Morgan fingerprint density at radius 2 is 1.13 bits per heavy atom. The average molecular weight is 676 g/mol. The van der Waals surface area contributed by atoms with E-state index in [-0.39, 0.29) is 23.4 Å². The number of amides is 1. The quantitative estimate of drug-likeness (QED) is 0.184. The molecule has 0 heterocycles. The van der Waals surface area contributed by atoms with E-state index in [2.05, 4.69) is 4.99 Å². The van der Waals surface area contributed by atoms with Crippen molar-refractivity contribution < 1.29 is 31.2 Å². The fraction of sp³-hybridized carbons (Fsp3) is 0.559. The molecule has 4 N–H and O–H groups in total. The summed E-state index contributed by atoms with van der Waals surface area (Å²) in [6, 6.07) is 6.99. The van der Waals surface area contributed by atoms with Gasteiger partial charge in [-0.15, -0.1) is 0 Å². The molecule has 2 aromatic rings. The number of sulfone groups is 2. The lowest BCUT2D eigenvalue weighted by Crippen LogP contribution is -2.24. The number of carbonyl (C=O) groups is 2. The fourth-order valence-corrected chi connectivity index (χ4v) is 9.60. The van der Waals surface area contributed by atoms with Crippen LogP contribution in [-0.2, 0) is 37.3 Å². The topological polar surface area (TPSA) is 176 Å². The molecule has 0 spiro atoms. The molecule has 4 rings (SSSR count). The second-order valence-corrected chi connectivity index (χ2v) is 16.3. The smallest absolute Gasteiger partial charge is 0.338 e. The molecule has 0 radical (unpaired) electrons. The summed E-state index contributed by atoms with van der Waals surface area (Å²) in [4.78, 5) is 28.6. The van der Waals surface area contributed by atoms with Crippen LogP contribution in [0.15, 0.2) is 39.0 Å². The molecule has 10 nitrogen and oxygen atoms in total. The zero-order chi connectivity index (χ0) is 34.2. The van der Waals surface area contributed by atoms with E-state index in [9.17, 15) is 26.4 Å². The van der Waals surface area contributed by atoms with Crippen LogP contribution in [0.25, 0.3) is 0 Å². The van der Waals surface area contributed by atoms with Gasteiger partial charge in [-0.1, -0.05) is 64.5 Å². The van der Waals surface area contributed by atoms with E-state index in [0.29, 0.717) is 39.3 Å². The summed E-state index contributed by atoms with van der Waals surface area (Å²) in [5.74, 6) is -0.875. The van der Waals surface area contributed by atoms with Crippen molar-refractivity contribution in [3.63, 3.8) is 0 Å². The maximum Gasteiger partial charge on any atom is 0.338 e. The van der Waals surface area contributed by atoms with Gasteiger partial charge in [0.05, 0.1) is 22.5 Å². The molecule has 0 aromatic heterocycles. The number of hydrogen-bond donors (Lipinski definition) is 2. The van der Waals surface area contributed by atoms with Crippen molar-refractivity contribution in [1.82, 2.24) is 0 Å². The minimum Gasteiger partial charge on any atom is -0.465 e. The molecule has 2 aliphatic rings. The maximum absolute atomic E-state index is 12.5. The van der Waals surface area contributed by atoms with Crippen LogP contribution in [0.5, 0.6) is 0 Å². The van der Waals surface area contributed by atoms with Gasteiger partial charge in [-0.2, -0.15) is 4.99 Å². The molecular weight excluding hydrogens is 627 g/mol. The highest BCUT2D eigenvalue weighted by molar-refractivity contribution is 7.91. The number of aliphatic imine (C=N–C) groups is 1. The van der Waals surface area contributed by atoms with E-state index in [1.165, 1.54) is 19.6 Å². The Morgan fingerprint density at radius 1 is 0.739 bits per heavy atom. The molecular formula is C34H49N3O7S2. The lowest BCUT2D eigenvalue weighted by atomic mass is 9.91. The highest BCUT2D eigenvalue weighted by Crippen LogP contribution is 2.41. The zero-order valence-electron chi connectivity index (χ0n) is 27.7. The number of ether oxygens (including phenoxy) is 1. The largest absolute Gasteiger partial charge is 0.465 e. The fourth-order valence-electron chi connectivity index (χ4n) is 6.96. The van der Waals surface area contributed by atoms with Crippen LogP contribution in [0.4, 0.5) is 0 Å². The summed E-state index contributed by atoms with van der Waals surface area (Å²) < 4.78 is 54.7. The Kier molecular flexibility index (Phi) is 13.0. The van der Waals surface area contributed by atoms with Gasteiger partial charge in [0.15, 0.2) is 25.6 Å². The number of rotatable bonds is 10. The third-order valence-corrected chi connectivity index (χ3v) is 11.2. The SMILES string of the molecule is CCCc1c(C(=O)N=C(N)N)ccc(C2CCCC2)c1S(C)(=O)=O.CCCc1c(C(=O)OC)ccc(C2CCCC2)c1S(C)(=O)=O. The third-order valence-electron chi connectivity index (χ3n) is 8.78. The third kappa shape index (κ3) is 8.96. The molecule has 2 fully saturated rings. The van der Waals surface area contributed by atoms with Crippen molar-refractivity contribution in [3.8, 4) is 0 Å². The molecule has 0 bridgehead atoms. The van der Waals surface area contributed by atoms with Crippen LogP contribution in [-0.4, -0.2) is 54.3 Å². The molecule has 12 heteroatoms. The number of nitrogens with two attached hydrogens (primary N) is 2. The molecule has 0 unspecified atom stereocenters. The van der Waals surface area contributed by atoms with E-state index in [0.717, 1.165) is 75.3 Å². The predicted molar refractivity (Wildman–Crippen MR) is 181 cm³/mol. The van der Waals surface area contributed by atoms with Crippen molar-refractivity contribution in [2.45, 2.75) is 113 Å². The highest BCUT2D eigenvalue weighted by Gasteiger charge is 2.30. The minimum absolute atomic E-state index is 0.234. The molecule has 1 amide bonds. The number of benzene rings is 2. The Hall–Kier alpha value is -3.25. The number of guanidine groups is 1. The Morgan fingerprint density at radius 3 is 1.48 bits per heavy atom. The summed E-state index contributed by atoms with van der Waals surface area (Å²) in [5, 5.41) is 0. The number of nitrogens with zero attached hydrogens (tertiary/aromatic N) is 1. The van der Waals surface area contributed by atoms with Gasteiger partial charge < -0.3 is 16.2 Å². The first kappa shape index (κ1) is 37.2. The van der Waals surface area contributed by atoms with Crippen molar-refractivity contribution in [3.05, 3.63) is 57.6 Å². The van der Waals surface area contributed by atoms with Gasteiger partial charge >= 0.3 is 5.97 Å². The van der Waals surface area contributed by atoms with Crippen LogP contribution >= 0.6 is 0 Å². The second kappa shape index (κ2) is 16.0. The molecule has 2 aromatic carbocycles. The van der Waals surface area contributed by atoms with Crippen LogP contribution in [0.3, 0.4) is 0 Å². The molecule has 0 aliphatic heterocycles. The predicted octanol–water partition coefficient (Wildman–Crippen LogP) is 5.60.